The van der Waals surface area contributed by atoms with E-state index in [9.17, 15) is 10.1 Å². The second kappa shape index (κ2) is 9.16. The second-order valence-electron chi connectivity index (χ2n) is 10.1. The van der Waals surface area contributed by atoms with Crippen molar-refractivity contribution in [3.8, 4) is 6.07 Å². The van der Waals surface area contributed by atoms with Crippen LogP contribution in [-0.2, 0) is 17.7 Å². The number of carbonyl (C=O) groups excluding carboxylic acids is 1. The van der Waals surface area contributed by atoms with Gasteiger partial charge in [0.1, 0.15) is 5.60 Å². The van der Waals surface area contributed by atoms with Gasteiger partial charge in [0.2, 0.25) is 0 Å². The number of carbonyl (C=O) groups is 1. The van der Waals surface area contributed by atoms with Crippen LogP contribution < -0.4 is 4.90 Å². The van der Waals surface area contributed by atoms with Crippen LogP contribution in [0.1, 0.15) is 42.4 Å². The van der Waals surface area contributed by atoms with Gasteiger partial charge in [0.15, 0.2) is 0 Å². The molecular formula is C30H28N4O2. The number of imidazole rings is 1. The molecule has 2 fully saturated rings. The number of anilines is 1. The fraction of sp³-hybridized carbons (Fsp3) is 0.300. The quantitative estimate of drug-likeness (QED) is 0.350. The van der Waals surface area contributed by atoms with Crippen LogP contribution in [0.5, 0.6) is 0 Å². The van der Waals surface area contributed by atoms with Gasteiger partial charge < -0.3 is 9.30 Å². The van der Waals surface area contributed by atoms with Crippen molar-refractivity contribution in [1.29, 1.82) is 5.26 Å². The van der Waals surface area contributed by atoms with Crippen LogP contribution >= 0.6 is 0 Å². The molecule has 2 atom stereocenters. The Morgan fingerprint density at radius 2 is 1.86 bits per heavy atom. The van der Waals surface area contributed by atoms with Crippen molar-refractivity contribution in [2.24, 2.45) is 5.92 Å². The Balaban J connectivity index is 1.15. The SMILES string of the molecule is N#Cc1ccc2ncn(C[C@H]3CCC[C@]4(C3)CN(c3ccc(Cc5ccccc5)cc3)C(=O)O4)c2c1. The topological polar surface area (TPSA) is 71.2 Å². The van der Waals surface area contributed by atoms with E-state index in [0.717, 1.165) is 55.4 Å². The van der Waals surface area contributed by atoms with E-state index in [0.29, 0.717) is 18.0 Å². The summed E-state index contributed by atoms with van der Waals surface area (Å²) >= 11 is 0. The van der Waals surface area contributed by atoms with Crippen LogP contribution in [0, 0.1) is 17.2 Å². The van der Waals surface area contributed by atoms with Gasteiger partial charge >= 0.3 is 6.09 Å². The molecule has 36 heavy (non-hydrogen) atoms. The molecule has 1 aromatic heterocycles. The zero-order chi connectivity index (χ0) is 24.5. The highest BCUT2D eigenvalue weighted by molar-refractivity contribution is 5.90. The van der Waals surface area contributed by atoms with Crippen molar-refractivity contribution < 1.29 is 9.53 Å². The van der Waals surface area contributed by atoms with Crippen molar-refractivity contribution >= 4 is 22.8 Å². The molecule has 0 unspecified atom stereocenters. The van der Waals surface area contributed by atoms with Gasteiger partial charge in [-0.2, -0.15) is 5.26 Å². The Morgan fingerprint density at radius 1 is 1.06 bits per heavy atom. The molecule has 6 nitrogen and oxygen atoms in total. The number of fused-ring (bicyclic) bond motifs is 1. The molecule has 3 aromatic carbocycles. The van der Waals surface area contributed by atoms with Crippen molar-refractivity contribution in [3.63, 3.8) is 0 Å². The van der Waals surface area contributed by atoms with Gasteiger partial charge in [-0.15, -0.1) is 0 Å². The minimum atomic E-state index is -0.448. The summed E-state index contributed by atoms with van der Waals surface area (Å²) in [7, 11) is 0. The number of ether oxygens (including phenoxy) is 1. The minimum Gasteiger partial charge on any atom is -0.441 e. The van der Waals surface area contributed by atoms with Crippen LogP contribution in [0.15, 0.2) is 79.1 Å². The van der Waals surface area contributed by atoms with Crippen molar-refractivity contribution in [2.75, 3.05) is 11.4 Å². The van der Waals surface area contributed by atoms with Crippen LogP contribution in [-0.4, -0.2) is 27.8 Å². The fourth-order valence-corrected chi connectivity index (χ4v) is 5.83. The van der Waals surface area contributed by atoms with Crippen LogP contribution in [0.4, 0.5) is 10.5 Å². The summed E-state index contributed by atoms with van der Waals surface area (Å²) in [6.07, 6.45) is 6.31. The monoisotopic (exact) mass is 476 g/mol. The maximum Gasteiger partial charge on any atom is 0.415 e. The maximum atomic E-state index is 13.0. The molecular weight excluding hydrogens is 448 g/mol. The number of rotatable bonds is 5. The molecule has 1 aliphatic heterocycles. The smallest absolute Gasteiger partial charge is 0.415 e. The summed E-state index contributed by atoms with van der Waals surface area (Å²) in [5.41, 5.74) is 5.45. The van der Waals surface area contributed by atoms with E-state index < -0.39 is 5.60 Å². The maximum absolute atomic E-state index is 13.0. The zero-order valence-corrected chi connectivity index (χ0v) is 20.1. The Morgan fingerprint density at radius 3 is 2.67 bits per heavy atom. The summed E-state index contributed by atoms with van der Waals surface area (Å²) in [5.74, 6) is 0.378. The number of hydrogen-bond acceptors (Lipinski definition) is 4. The third kappa shape index (κ3) is 4.33. The fourth-order valence-electron chi connectivity index (χ4n) is 5.83. The van der Waals surface area contributed by atoms with Gasteiger partial charge in [-0.25, -0.2) is 9.78 Å². The van der Waals surface area contributed by atoms with E-state index in [-0.39, 0.29) is 6.09 Å². The van der Waals surface area contributed by atoms with E-state index in [1.54, 1.807) is 11.0 Å². The molecule has 180 valence electrons. The van der Waals surface area contributed by atoms with E-state index in [1.807, 2.05) is 36.7 Å². The third-order valence-electron chi connectivity index (χ3n) is 7.58. The Hall–Kier alpha value is -4.11. The van der Waals surface area contributed by atoms with Gasteiger partial charge in [-0.1, -0.05) is 42.5 Å². The van der Waals surface area contributed by atoms with E-state index in [4.69, 9.17) is 4.74 Å². The average molecular weight is 477 g/mol. The number of amides is 1. The lowest BCUT2D eigenvalue weighted by Gasteiger charge is -2.36. The lowest BCUT2D eigenvalue weighted by molar-refractivity contribution is 0.00439. The number of benzene rings is 3. The number of hydrogen-bond donors (Lipinski definition) is 0. The molecule has 2 aliphatic rings. The Kier molecular flexibility index (Phi) is 5.69. The Labute approximate surface area is 210 Å². The first-order chi connectivity index (χ1) is 17.6. The summed E-state index contributed by atoms with van der Waals surface area (Å²) in [6.45, 7) is 1.39. The standard InChI is InChI=1S/C30H28N4O2/c31-18-24-10-13-27-28(16-24)33(21-32-27)19-25-7-4-14-30(17-25)20-34(29(35)36-30)26-11-8-23(9-12-26)15-22-5-2-1-3-6-22/h1-3,5-6,8-13,16,21,25H,4,7,14-15,17,19-20H2/t25-,30-/m0/s1. The molecule has 0 N–H and O–H groups in total. The average Bonchev–Trinajstić information content (AvgIpc) is 3.44. The predicted octanol–water partition coefficient (Wildman–Crippen LogP) is 6.08. The molecule has 1 amide bonds. The Bertz CT molecular complexity index is 1440. The summed E-state index contributed by atoms with van der Waals surface area (Å²) in [6, 6.07) is 26.5. The lowest BCUT2D eigenvalue weighted by atomic mass is 9.78. The second-order valence-corrected chi connectivity index (χ2v) is 10.1. The number of nitriles is 1. The van der Waals surface area contributed by atoms with Gasteiger partial charge in [0.25, 0.3) is 0 Å². The molecule has 0 bridgehead atoms. The van der Waals surface area contributed by atoms with Crippen LogP contribution in [0.25, 0.3) is 11.0 Å². The van der Waals surface area contributed by atoms with Gasteiger partial charge in [-0.05, 0) is 79.5 Å². The molecule has 1 spiro atoms. The molecule has 1 saturated heterocycles. The molecule has 1 aliphatic carbocycles. The van der Waals surface area contributed by atoms with Gasteiger partial charge in [-0.3, -0.25) is 4.90 Å². The third-order valence-corrected chi connectivity index (χ3v) is 7.58. The van der Waals surface area contributed by atoms with E-state index >= 15 is 0 Å². The molecule has 6 rings (SSSR count). The largest absolute Gasteiger partial charge is 0.441 e. The molecule has 2 heterocycles. The minimum absolute atomic E-state index is 0.252. The molecule has 0 radical (unpaired) electrons. The zero-order valence-electron chi connectivity index (χ0n) is 20.1. The van der Waals surface area contributed by atoms with E-state index in [2.05, 4.69) is 52.0 Å². The van der Waals surface area contributed by atoms with Crippen molar-refractivity contribution in [2.45, 2.75) is 44.2 Å². The van der Waals surface area contributed by atoms with Crippen molar-refractivity contribution in [1.82, 2.24) is 9.55 Å². The van der Waals surface area contributed by atoms with Crippen LogP contribution in [0.2, 0.25) is 0 Å². The number of aromatic nitrogens is 2. The van der Waals surface area contributed by atoms with Crippen molar-refractivity contribution in [3.05, 3.63) is 95.8 Å². The molecule has 1 saturated carbocycles. The first kappa shape index (κ1) is 22.4. The first-order valence-corrected chi connectivity index (χ1v) is 12.6. The molecule has 6 heteroatoms. The predicted molar refractivity (Wildman–Crippen MR) is 139 cm³/mol. The lowest BCUT2D eigenvalue weighted by Crippen LogP contribution is -2.40. The van der Waals surface area contributed by atoms with Gasteiger partial charge in [0, 0.05) is 12.2 Å². The van der Waals surface area contributed by atoms with Gasteiger partial charge in [0.05, 0.1) is 35.5 Å². The normalized spacial score (nSPS) is 21.6. The summed E-state index contributed by atoms with van der Waals surface area (Å²) < 4.78 is 8.21. The molecule has 4 aromatic rings. The highest BCUT2D eigenvalue weighted by Crippen LogP contribution is 2.42. The van der Waals surface area contributed by atoms with E-state index in [1.165, 1.54) is 11.1 Å². The first-order valence-electron chi connectivity index (χ1n) is 12.6. The summed E-state index contributed by atoms with van der Waals surface area (Å²) in [5, 5.41) is 9.28. The number of nitrogens with zero attached hydrogens (tertiary/aromatic N) is 4. The van der Waals surface area contributed by atoms with Crippen LogP contribution in [0.3, 0.4) is 0 Å². The highest BCUT2D eigenvalue weighted by Gasteiger charge is 2.48. The summed E-state index contributed by atoms with van der Waals surface area (Å²) in [4.78, 5) is 19.2. The highest BCUT2D eigenvalue weighted by atomic mass is 16.6.